The number of nitrogens with one attached hydrogen (secondary N) is 2. The van der Waals surface area contributed by atoms with Crippen LogP contribution in [0.2, 0.25) is 0 Å². The fourth-order valence-corrected chi connectivity index (χ4v) is 2.76. The van der Waals surface area contributed by atoms with Gasteiger partial charge >= 0.3 is 0 Å². The smallest absolute Gasteiger partial charge is 0.0636 e. The lowest BCUT2D eigenvalue weighted by molar-refractivity contribution is 1.13. The molecule has 0 aliphatic carbocycles. The summed E-state index contributed by atoms with van der Waals surface area (Å²) in [5.41, 5.74) is 13.0. The molecule has 0 unspecified atom stereocenters. The SMILES string of the molecule is C=Cc1ccc(N)c(C(=N)/C=C/c2ccc(NC(=C)C)cc2)c1CC. The zero-order chi connectivity index (χ0) is 18.4. The van der Waals surface area contributed by atoms with E-state index in [9.17, 15) is 0 Å². The standard InChI is InChI=1S/C22H25N3/c1-5-17-10-14-21(24)22(19(17)6-2)20(23)13-9-16-7-11-18(12-8-16)25-15(3)4/h5,7-14,23,25H,1,3,6,24H2,2,4H3/b13-9+,23-20?. The summed E-state index contributed by atoms with van der Waals surface area (Å²) >= 11 is 0. The van der Waals surface area contributed by atoms with Gasteiger partial charge < -0.3 is 16.5 Å². The van der Waals surface area contributed by atoms with Gasteiger partial charge in [-0.25, -0.2) is 0 Å². The first-order valence-corrected chi connectivity index (χ1v) is 8.29. The highest BCUT2D eigenvalue weighted by molar-refractivity contribution is 6.13. The molecule has 3 heteroatoms. The van der Waals surface area contributed by atoms with E-state index >= 15 is 0 Å². The first-order chi connectivity index (χ1) is 12.0. The summed E-state index contributed by atoms with van der Waals surface area (Å²) in [6.07, 6.45) is 6.33. The molecule has 0 aliphatic heterocycles. The van der Waals surface area contributed by atoms with Crippen LogP contribution in [0.1, 0.15) is 36.1 Å². The Morgan fingerprint density at radius 1 is 1.20 bits per heavy atom. The number of anilines is 2. The summed E-state index contributed by atoms with van der Waals surface area (Å²) in [5.74, 6) is 0. The van der Waals surface area contributed by atoms with Crippen molar-refractivity contribution in [3.63, 3.8) is 0 Å². The Hall–Kier alpha value is -3.07. The fourth-order valence-electron chi connectivity index (χ4n) is 2.76. The molecule has 4 N–H and O–H groups in total. The second-order valence-corrected chi connectivity index (χ2v) is 5.93. The summed E-state index contributed by atoms with van der Waals surface area (Å²) < 4.78 is 0. The Labute approximate surface area is 150 Å². The Kier molecular flexibility index (Phi) is 5.96. The Morgan fingerprint density at radius 2 is 1.88 bits per heavy atom. The molecule has 0 spiro atoms. The molecule has 128 valence electrons. The number of allylic oxidation sites excluding steroid dienone is 2. The molecular weight excluding hydrogens is 306 g/mol. The highest BCUT2D eigenvalue weighted by Gasteiger charge is 2.11. The van der Waals surface area contributed by atoms with Crippen LogP contribution < -0.4 is 11.1 Å². The van der Waals surface area contributed by atoms with Crippen LogP contribution in [-0.4, -0.2) is 5.71 Å². The predicted octanol–water partition coefficient (Wildman–Crippen LogP) is 5.50. The van der Waals surface area contributed by atoms with Crippen molar-refractivity contribution in [3.8, 4) is 0 Å². The van der Waals surface area contributed by atoms with Crippen LogP contribution in [0.25, 0.3) is 12.2 Å². The third-order valence-corrected chi connectivity index (χ3v) is 3.94. The van der Waals surface area contributed by atoms with Gasteiger partial charge in [-0.2, -0.15) is 0 Å². The van der Waals surface area contributed by atoms with Gasteiger partial charge in [0, 0.05) is 22.6 Å². The Balaban J connectivity index is 2.26. The molecule has 2 aromatic rings. The molecule has 25 heavy (non-hydrogen) atoms. The highest BCUT2D eigenvalue weighted by atomic mass is 14.9. The lowest BCUT2D eigenvalue weighted by atomic mass is 9.93. The van der Waals surface area contributed by atoms with Crippen LogP contribution in [0.3, 0.4) is 0 Å². The molecule has 0 aliphatic rings. The molecule has 2 aromatic carbocycles. The Bertz CT molecular complexity index is 827. The number of benzene rings is 2. The minimum absolute atomic E-state index is 0.405. The van der Waals surface area contributed by atoms with E-state index in [0.717, 1.165) is 40.1 Å². The van der Waals surface area contributed by atoms with Gasteiger partial charge in [0.05, 0.1) is 5.71 Å². The maximum Gasteiger partial charge on any atom is 0.0636 e. The minimum atomic E-state index is 0.405. The van der Waals surface area contributed by atoms with Gasteiger partial charge in [0.2, 0.25) is 0 Å². The number of nitrogen functional groups attached to an aromatic ring is 1. The van der Waals surface area contributed by atoms with E-state index in [1.165, 1.54) is 0 Å². The zero-order valence-corrected chi connectivity index (χ0v) is 14.9. The zero-order valence-electron chi connectivity index (χ0n) is 14.9. The van der Waals surface area contributed by atoms with Crippen LogP contribution in [0, 0.1) is 5.41 Å². The van der Waals surface area contributed by atoms with Crippen LogP contribution in [0.5, 0.6) is 0 Å². The highest BCUT2D eigenvalue weighted by Crippen LogP contribution is 2.24. The first kappa shape index (κ1) is 18.3. The van der Waals surface area contributed by atoms with Crippen LogP contribution >= 0.6 is 0 Å². The van der Waals surface area contributed by atoms with E-state index in [2.05, 4.69) is 25.4 Å². The molecule has 3 nitrogen and oxygen atoms in total. The van der Waals surface area contributed by atoms with E-state index in [1.54, 1.807) is 6.08 Å². The minimum Gasteiger partial charge on any atom is -0.398 e. The second-order valence-electron chi connectivity index (χ2n) is 5.93. The number of hydrogen-bond donors (Lipinski definition) is 3. The quantitative estimate of drug-likeness (QED) is 0.463. The molecule has 0 aromatic heterocycles. The van der Waals surface area contributed by atoms with Gasteiger partial charge in [-0.15, -0.1) is 0 Å². The summed E-state index contributed by atoms with van der Waals surface area (Å²) in [4.78, 5) is 0. The third kappa shape index (κ3) is 4.48. The largest absolute Gasteiger partial charge is 0.398 e. The summed E-state index contributed by atoms with van der Waals surface area (Å²) in [6, 6.07) is 11.8. The van der Waals surface area contributed by atoms with Crippen LogP contribution in [0.4, 0.5) is 11.4 Å². The van der Waals surface area contributed by atoms with E-state index < -0.39 is 0 Å². The van der Waals surface area contributed by atoms with Crippen molar-refractivity contribution in [1.29, 1.82) is 5.41 Å². The van der Waals surface area contributed by atoms with Crippen LogP contribution in [0.15, 0.2) is 61.3 Å². The molecule has 2 rings (SSSR count). The van der Waals surface area contributed by atoms with Gasteiger partial charge in [0.15, 0.2) is 0 Å². The molecule has 0 amide bonds. The normalized spacial score (nSPS) is 10.6. The molecule has 0 heterocycles. The predicted molar refractivity (Wildman–Crippen MR) is 111 cm³/mol. The number of nitrogens with two attached hydrogens (primary N) is 1. The summed E-state index contributed by atoms with van der Waals surface area (Å²) in [7, 11) is 0. The number of hydrogen-bond acceptors (Lipinski definition) is 3. The average molecular weight is 331 g/mol. The molecule has 0 bridgehead atoms. The van der Waals surface area contributed by atoms with Crippen molar-refractivity contribution in [3.05, 3.63) is 83.6 Å². The van der Waals surface area contributed by atoms with E-state index in [-0.39, 0.29) is 0 Å². The topological polar surface area (TPSA) is 61.9 Å². The van der Waals surface area contributed by atoms with Crippen molar-refractivity contribution >= 4 is 29.2 Å². The van der Waals surface area contributed by atoms with Crippen molar-refractivity contribution < 1.29 is 0 Å². The molecular formula is C22H25N3. The number of rotatable bonds is 7. The first-order valence-electron chi connectivity index (χ1n) is 8.29. The summed E-state index contributed by atoms with van der Waals surface area (Å²) in [5, 5.41) is 11.6. The maximum atomic E-state index is 8.45. The lowest BCUT2D eigenvalue weighted by Gasteiger charge is -2.13. The molecule has 0 saturated heterocycles. The molecule has 0 atom stereocenters. The van der Waals surface area contributed by atoms with Gasteiger partial charge in [-0.1, -0.05) is 50.4 Å². The third-order valence-electron chi connectivity index (χ3n) is 3.94. The second kappa shape index (κ2) is 8.15. The van der Waals surface area contributed by atoms with Gasteiger partial charge in [0.25, 0.3) is 0 Å². The van der Waals surface area contributed by atoms with Crippen molar-refractivity contribution in [2.75, 3.05) is 11.1 Å². The maximum absolute atomic E-state index is 8.45. The van der Waals surface area contributed by atoms with Crippen molar-refractivity contribution in [1.82, 2.24) is 0 Å². The van der Waals surface area contributed by atoms with E-state index in [4.69, 9.17) is 11.1 Å². The molecule has 0 radical (unpaired) electrons. The van der Waals surface area contributed by atoms with Crippen LogP contribution in [-0.2, 0) is 6.42 Å². The lowest BCUT2D eigenvalue weighted by Crippen LogP contribution is -2.07. The fraction of sp³-hybridized carbons (Fsp3) is 0.136. The Morgan fingerprint density at radius 3 is 2.44 bits per heavy atom. The van der Waals surface area contributed by atoms with Gasteiger partial charge in [0.1, 0.15) is 0 Å². The molecule has 0 saturated carbocycles. The summed E-state index contributed by atoms with van der Waals surface area (Å²) in [6.45, 7) is 11.7. The van der Waals surface area contributed by atoms with Crippen molar-refractivity contribution in [2.45, 2.75) is 20.3 Å². The average Bonchev–Trinajstić information content (AvgIpc) is 2.60. The van der Waals surface area contributed by atoms with Crippen molar-refractivity contribution in [2.24, 2.45) is 0 Å². The van der Waals surface area contributed by atoms with Gasteiger partial charge in [-0.3, -0.25) is 0 Å². The van der Waals surface area contributed by atoms with Gasteiger partial charge in [-0.05, 0) is 54.3 Å². The monoisotopic (exact) mass is 331 g/mol. The molecule has 0 fully saturated rings. The van der Waals surface area contributed by atoms with E-state index in [1.807, 2.05) is 55.5 Å². The van der Waals surface area contributed by atoms with E-state index in [0.29, 0.717) is 11.4 Å².